The summed E-state index contributed by atoms with van der Waals surface area (Å²) in [6.07, 6.45) is 5.02. The Morgan fingerprint density at radius 1 is 0.947 bits per heavy atom. The molecule has 5 rings (SSSR count). The first-order valence-electron chi connectivity index (χ1n) is 14.1. The number of piperidine rings is 1. The first kappa shape index (κ1) is 26.9. The van der Waals surface area contributed by atoms with Crippen molar-refractivity contribution in [3.8, 4) is 5.75 Å². The summed E-state index contributed by atoms with van der Waals surface area (Å²) in [5.41, 5.74) is 1.49. The smallest absolute Gasteiger partial charge is 0.275 e. The van der Waals surface area contributed by atoms with E-state index in [1.165, 1.54) is 25.5 Å². The zero-order valence-electron chi connectivity index (χ0n) is 22.6. The van der Waals surface area contributed by atoms with Gasteiger partial charge in [-0.15, -0.1) is 0 Å². The Morgan fingerprint density at radius 2 is 1.63 bits per heavy atom. The number of hydrogen-bond acceptors (Lipinski definition) is 9. The minimum absolute atomic E-state index is 0.0715. The molecule has 3 aliphatic rings. The fraction of sp³-hybridized carbons (Fsp3) is 0.643. The highest BCUT2D eigenvalue weighted by Crippen LogP contribution is 2.22. The summed E-state index contributed by atoms with van der Waals surface area (Å²) in [4.78, 5) is 28.8. The van der Waals surface area contributed by atoms with E-state index in [2.05, 4.69) is 30.6 Å². The van der Waals surface area contributed by atoms with Crippen molar-refractivity contribution in [1.82, 2.24) is 24.6 Å². The molecule has 0 saturated carbocycles. The molecule has 2 aromatic rings. The van der Waals surface area contributed by atoms with Gasteiger partial charge in [0.2, 0.25) is 5.89 Å². The van der Waals surface area contributed by atoms with Crippen LogP contribution in [0.1, 0.15) is 35.6 Å². The SMILES string of the molecule is COc1cccc(N2CCN(C(=O)c3coc(CN4CCN(CC(O)CN5CCCCC5)CC4)n3)CC2)c1. The minimum Gasteiger partial charge on any atom is -0.497 e. The van der Waals surface area contributed by atoms with Gasteiger partial charge in [0.25, 0.3) is 5.91 Å². The maximum atomic E-state index is 13.1. The number of likely N-dealkylation sites (tertiary alicyclic amines) is 1. The molecule has 1 unspecified atom stereocenters. The molecule has 10 heteroatoms. The molecular formula is C28H42N6O4. The van der Waals surface area contributed by atoms with E-state index in [0.29, 0.717) is 31.2 Å². The van der Waals surface area contributed by atoms with Gasteiger partial charge in [0.05, 0.1) is 19.8 Å². The molecule has 38 heavy (non-hydrogen) atoms. The molecule has 1 amide bonds. The average Bonchev–Trinajstić information content (AvgIpc) is 3.43. The third kappa shape index (κ3) is 7.05. The minimum atomic E-state index is -0.294. The van der Waals surface area contributed by atoms with E-state index in [4.69, 9.17) is 9.15 Å². The van der Waals surface area contributed by atoms with Crippen LogP contribution in [-0.2, 0) is 6.54 Å². The highest BCUT2D eigenvalue weighted by Gasteiger charge is 2.26. The van der Waals surface area contributed by atoms with Crippen molar-refractivity contribution in [2.45, 2.75) is 31.9 Å². The Balaban J connectivity index is 1.03. The van der Waals surface area contributed by atoms with Crippen LogP contribution in [0.5, 0.6) is 5.75 Å². The van der Waals surface area contributed by atoms with Crippen LogP contribution in [0.3, 0.4) is 0 Å². The van der Waals surface area contributed by atoms with Gasteiger partial charge >= 0.3 is 0 Å². The van der Waals surface area contributed by atoms with Crippen LogP contribution in [0.25, 0.3) is 0 Å². The van der Waals surface area contributed by atoms with Crippen LogP contribution in [0.2, 0.25) is 0 Å². The second kappa shape index (κ2) is 12.9. The number of carbonyl (C=O) groups is 1. The number of β-amino-alcohol motifs (C(OH)–C–C–N with tert-alkyl or cyclic N) is 1. The Bertz CT molecular complexity index is 1030. The number of rotatable bonds is 9. The van der Waals surface area contributed by atoms with Crippen LogP contribution in [0.4, 0.5) is 5.69 Å². The number of nitrogens with zero attached hydrogens (tertiary/aromatic N) is 6. The molecule has 1 aromatic heterocycles. The summed E-state index contributed by atoms with van der Waals surface area (Å²) < 4.78 is 11.0. The molecule has 3 saturated heterocycles. The first-order valence-corrected chi connectivity index (χ1v) is 14.1. The standard InChI is InChI=1S/C28H42N6O4/c1-37-25-7-5-6-23(18-25)33-14-16-34(17-15-33)28(36)26-22-38-27(29-26)21-32-12-10-31(11-13-32)20-24(35)19-30-8-3-2-4-9-30/h5-7,18,22,24,35H,2-4,8-17,19-21H2,1H3. The van der Waals surface area contributed by atoms with E-state index in [1.54, 1.807) is 7.11 Å². The maximum absolute atomic E-state index is 13.1. The summed E-state index contributed by atoms with van der Waals surface area (Å²) in [7, 11) is 1.67. The molecule has 0 spiro atoms. The molecule has 10 nitrogen and oxygen atoms in total. The number of benzene rings is 1. The van der Waals surface area contributed by atoms with Crippen molar-refractivity contribution in [3.05, 3.63) is 42.1 Å². The Labute approximate surface area is 225 Å². The third-order valence-corrected chi connectivity index (χ3v) is 7.97. The number of amides is 1. The summed E-state index contributed by atoms with van der Waals surface area (Å²) in [6, 6.07) is 8.02. The first-order chi connectivity index (χ1) is 18.6. The number of aromatic nitrogens is 1. The van der Waals surface area contributed by atoms with E-state index in [-0.39, 0.29) is 12.0 Å². The number of piperazine rings is 2. The van der Waals surface area contributed by atoms with E-state index < -0.39 is 0 Å². The molecule has 208 valence electrons. The topological polar surface area (TPSA) is 88.8 Å². The van der Waals surface area contributed by atoms with Gasteiger partial charge in [-0.1, -0.05) is 12.5 Å². The van der Waals surface area contributed by atoms with Crippen molar-refractivity contribution in [2.24, 2.45) is 0 Å². The fourth-order valence-electron chi connectivity index (χ4n) is 5.74. The van der Waals surface area contributed by atoms with Gasteiger partial charge in [-0.25, -0.2) is 4.98 Å². The molecule has 0 aliphatic carbocycles. The molecule has 1 atom stereocenters. The van der Waals surface area contributed by atoms with Crippen LogP contribution >= 0.6 is 0 Å². The molecule has 1 N–H and O–H groups in total. The summed E-state index contributed by atoms with van der Waals surface area (Å²) in [6.45, 7) is 10.8. The third-order valence-electron chi connectivity index (χ3n) is 7.97. The molecule has 3 fully saturated rings. The molecular weight excluding hydrogens is 484 g/mol. The number of carbonyl (C=O) groups excluding carboxylic acids is 1. The van der Waals surface area contributed by atoms with Gasteiger partial charge in [-0.3, -0.25) is 14.6 Å². The van der Waals surface area contributed by atoms with Gasteiger partial charge < -0.3 is 29.0 Å². The molecule has 0 radical (unpaired) electrons. The van der Waals surface area contributed by atoms with Crippen molar-refractivity contribution in [2.75, 3.05) is 90.5 Å². The van der Waals surface area contributed by atoms with Gasteiger partial charge in [-0.05, 0) is 38.1 Å². The number of hydrogen-bond donors (Lipinski definition) is 1. The van der Waals surface area contributed by atoms with Gasteiger partial charge in [-0.2, -0.15) is 0 Å². The highest BCUT2D eigenvalue weighted by atomic mass is 16.5. The van der Waals surface area contributed by atoms with Crippen LogP contribution in [0, 0.1) is 0 Å². The zero-order chi connectivity index (χ0) is 26.3. The quantitative estimate of drug-likeness (QED) is 0.524. The number of methoxy groups -OCH3 is 1. The monoisotopic (exact) mass is 526 g/mol. The van der Waals surface area contributed by atoms with Crippen molar-refractivity contribution >= 4 is 11.6 Å². The lowest BCUT2D eigenvalue weighted by molar-refractivity contribution is 0.0434. The highest BCUT2D eigenvalue weighted by molar-refractivity contribution is 5.92. The maximum Gasteiger partial charge on any atom is 0.275 e. The lowest BCUT2D eigenvalue weighted by Crippen LogP contribution is -2.50. The average molecular weight is 527 g/mol. The van der Waals surface area contributed by atoms with Gasteiger partial charge in [0.1, 0.15) is 12.0 Å². The van der Waals surface area contributed by atoms with Crippen molar-refractivity contribution < 1.29 is 19.1 Å². The van der Waals surface area contributed by atoms with Gasteiger partial charge in [0.15, 0.2) is 5.69 Å². The number of aliphatic hydroxyl groups excluding tert-OH is 1. The zero-order valence-corrected chi connectivity index (χ0v) is 22.6. The predicted molar refractivity (Wildman–Crippen MR) is 146 cm³/mol. The number of oxazole rings is 1. The molecule has 4 heterocycles. The van der Waals surface area contributed by atoms with Gasteiger partial charge in [0, 0.05) is 77.2 Å². The largest absolute Gasteiger partial charge is 0.497 e. The summed E-state index contributed by atoms with van der Waals surface area (Å²) in [5, 5.41) is 10.5. The number of aliphatic hydroxyl groups is 1. The fourth-order valence-corrected chi connectivity index (χ4v) is 5.74. The van der Waals surface area contributed by atoms with Crippen molar-refractivity contribution in [1.29, 1.82) is 0 Å². The number of anilines is 1. The second-order valence-corrected chi connectivity index (χ2v) is 10.7. The number of ether oxygens (including phenoxy) is 1. The molecule has 1 aromatic carbocycles. The molecule has 0 bridgehead atoms. The van der Waals surface area contributed by atoms with Crippen LogP contribution in [-0.4, -0.2) is 127 Å². The van der Waals surface area contributed by atoms with E-state index in [0.717, 1.165) is 76.9 Å². The van der Waals surface area contributed by atoms with E-state index in [1.807, 2.05) is 23.1 Å². The second-order valence-electron chi connectivity index (χ2n) is 10.7. The van der Waals surface area contributed by atoms with E-state index in [9.17, 15) is 9.90 Å². The summed E-state index contributed by atoms with van der Waals surface area (Å²) >= 11 is 0. The Kier molecular flexibility index (Phi) is 9.16. The predicted octanol–water partition coefficient (Wildman–Crippen LogP) is 1.61. The summed E-state index contributed by atoms with van der Waals surface area (Å²) in [5.74, 6) is 1.35. The van der Waals surface area contributed by atoms with Crippen LogP contribution < -0.4 is 9.64 Å². The lowest BCUT2D eigenvalue weighted by atomic mass is 10.1. The van der Waals surface area contributed by atoms with E-state index >= 15 is 0 Å². The Morgan fingerprint density at radius 3 is 2.34 bits per heavy atom. The molecule has 3 aliphatic heterocycles. The lowest BCUT2D eigenvalue weighted by Gasteiger charge is -2.36. The van der Waals surface area contributed by atoms with Crippen molar-refractivity contribution in [3.63, 3.8) is 0 Å². The Hall–Kier alpha value is -2.66. The normalized spacial score (nSPS) is 21.0. The van der Waals surface area contributed by atoms with Crippen LogP contribution in [0.15, 0.2) is 34.9 Å².